The van der Waals surface area contributed by atoms with Gasteiger partial charge in [0, 0.05) is 43.2 Å². The summed E-state index contributed by atoms with van der Waals surface area (Å²) in [5.74, 6) is 0. The van der Waals surface area contributed by atoms with E-state index in [0.717, 1.165) is 5.69 Å². The highest BCUT2D eigenvalue weighted by atomic mass is 32.1. The van der Waals surface area contributed by atoms with Crippen LogP contribution < -0.4 is 25.5 Å². The second-order valence-corrected chi connectivity index (χ2v) is 22.8. The molecule has 0 bridgehead atoms. The first-order valence-corrected chi connectivity index (χ1v) is 25.0. The molecule has 0 fully saturated rings. The summed E-state index contributed by atoms with van der Waals surface area (Å²) in [5.41, 5.74) is 23.2. The summed E-state index contributed by atoms with van der Waals surface area (Å²) in [7, 11) is 0. The first kappa shape index (κ1) is 41.8. The van der Waals surface area contributed by atoms with Gasteiger partial charge in [0.1, 0.15) is 0 Å². The quantitative estimate of drug-likeness (QED) is 0.159. The zero-order valence-electron chi connectivity index (χ0n) is 40.0. The maximum Gasteiger partial charge on any atom is 0.264 e. The fraction of sp³-hybridized carbons (Fsp3) is 0.206. The van der Waals surface area contributed by atoms with Crippen molar-refractivity contribution in [1.29, 1.82) is 0 Å². The molecule has 12 rings (SSSR count). The van der Waals surface area contributed by atoms with E-state index < -0.39 is 0 Å². The van der Waals surface area contributed by atoms with Gasteiger partial charge >= 0.3 is 0 Å². The van der Waals surface area contributed by atoms with Gasteiger partial charge in [-0.2, -0.15) is 0 Å². The van der Waals surface area contributed by atoms with Crippen LogP contribution in [0.4, 0.5) is 34.1 Å². The maximum atomic E-state index is 2.70. The second kappa shape index (κ2) is 15.2. The molecule has 0 saturated heterocycles. The number of fused-ring (bicyclic) bond motifs is 7. The summed E-state index contributed by atoms with van der Waals surface area (Å²) in [5, 5.41) is 1.36. The van der Waals surface area contributed by atoms with Crippen molar-refractivity contribution in [1.82, 2.24) is 0 Å². The van der Waals surface area contributed by atoms with Gasteiger partial charge in [0.05, 0.1) is 11.4 Å². The number of aryl methyl sites for hydroxylation is 1. The molecule has 67 heavy (non-hydrogen) atoms. The Bertz CT molecular complexity index is 3390. The topological polar surface area (TPSA) is 6.48 Å². The van der Waals surface area contributed by atoms with Crippen molar-refractivity contribution < 1.29 is 0 Å². The van der Waals surface area contributed by atoms with E-state index >= 15 is 0 Å². The Morgan fingerprint density at radius 3 is 1.69 bits per heavy atom. The largest absolute Gasteiger partial charge is 0.311 e. The van der Waals surface area contributed by atoms with Crippen LogP contribution in [0.2, 0.25) is 0 Å². The van der Waals surface area contributed by atoms with Crippen LogP contribution in [0, 0.1) is 6.92 Å². The van der Waals surface area contributed by atoms with Gasteiger partial charge in [-0.15, -0.1) is 11.3 Å². The highest BCUT2D eigenvalue weighted by molar-refractivity contribution is 7.33. The van der Waals surface area contributed by atoms with Gasteiger partial charge in [0.25, 0.3) is 6.71 Å². The molecule has 8 aromatic carbocycles. The van der Waals surface area contributed by atoms with Crippen LogP contribution in [0.1, 0.15) is 83.6 Å². The van der Waals surface area contributed by atoms with Gasteiger partial charge in [0.2, 0.25) is 0 Å². The number of nitrogens with zero attached hydrogens (tertiary/aromatic N) is 2. The van der Waals surface area contributed by atoms with E-state index in [0.29, 0.717) is 0 Å². The lowest BCUT2D eigenvalue weighted by Gasteiger charge is -2.44. The average Bonchev–Trinajstić information content (AvgIpc) is 3.71. The zero-order chi connectivity index (χ0) is 46.0. The van der Waals surface area contributed by atoms with E-state index in [2.05, 4.69) is 241 Å². The molecule has 328 valence electrons. The lowest BCUT2D eigenvalue weighted by Crippen LogP contribution is -2.60. The van der Waals surface area contributed by atoms with Gasteiger partial charge in [-0.05, 0) is 146 Å². The molecular weight excluding hydrogens is 828 g/mol. The molecule has 0 spiro atoms. The highest BCUT2D eigenvalue weighted by Crippen LogP contribution is 2.54. The van der Waals surface area contributed by atoms with Crippen molar-refractivity contribution in [2.75, 3.05) is 9.80 Å². The van der Waals surface area contributed by atoms with E-state index in [9.17, 15) is 0 Å². The molecule has 1 aromatic heterocycles. The Kier molecular flexibility index (Phi) is 9.48. The normalized spacial score (nSPS) is 15.5. The van der Waals surface area contributed by atoms with E-state index in [1.54, 1.807) is 0 Å². The molecular formula is C63H57BN2S. The molecule has 0 saturated carbocycles. The minimum Gasteiger partial charge on any atom is -0.311 e. The molecule has 3 aliphatic rings. The Hall–Kier alpha value is -6.62. The molecule has 0 atom stereocenters. The van der Waals surface area contributed by atoms with Crippen molar-refractivity contribution in [3.8, 4) is 33.4 Å². The highest BCUT2D eigenvalue weighted by Gasteiger charge is 2.47. The standard InChI is InChI=1S/C63H57BN2S/c1-40-34-55-58-56(35-40)66(54-36-45(42-20-14-10-15-21-42)26-30-48(54)44-22-16-11-17-23-44)59-49-38-50-51(63(7,8)33-32-62(50,5)6)39-57(49)67-60(59)64(58)52-37-46(61(2,3)4)27-31-53(52)65(55)47-28-24-43(25-29-47)41-18-12-9-13-19-41/h9-31,34-39H,32-33H2,1-8H3. The summed E-state index contributed by atoms with van der Waals surface area (Å²) >= 11 is 2.03. The van der Waals surface area contributed by atoms with E-state index in [-0.39, 0.29) is 23.0 Å². The van der Waals surface area contributed by atoms with Crippen molar-refractivity contribution >= 4 is 78.0 Å². The summed E-state index contributed by atoms with van der Waals surface area (Å²) < 4.78 is 2.79. The summed E-state index contributed by atoms with van der Waals surface area (Å²) in [6, 6.07) is 66.7. The number of thiophene rings is 1. The van der Waals surface area contributed by atoms with E-state index in [1.807, 2.05) is 11.3 Å². The smallest absolute Gasteiger partial charge is 0.264 e. The van der Waals surface area contributed by atoms with Crippen molar-refractivity contribution in [2.45, 2.75) is 84.5 Å². The number of hydrogen-bond acceptors (Lipinski definition) is 3. The number of benzene rings is 8. The maximum absolute atomic E-state index is 2.70. The van der Waals surface area contributed by atoms with Gasteiger partial charge in [-0.25, -0.2) is 0 Å². The van der Waals surface area contributed by atoms with Crippen LogP contribution in [0.5, 0.6) is 0 Å². The van der Waals surface area contributed by atoms with Crippen LogP contribution >= 0.6 is 11.3 Å². The first-order valence-electron chi connectivity index (χ1n) is 24.2. The summed E-state index contributed by atoms with van der Waals surface area (Å²) in [4.78, 5) is 5.27. The van der Waals surface area contributed by atoms with Gasteiger partial charge in [-0.3, -0.25) is 0 Å². The fourth-order valence-corrected chi connectivity index (χ4v) is 12.8. The Morgan fingerprint density at radius 2 is 1.06 bits per heavy atom. The number of anilines is 6. The molecule has 2 nitrogen and oxygen atoms in total. The average molecular weight is 885 g/mol. The lowest BCUT2D eigenvalue weighted by atomic mass is 9.36. The zero-order valence-corrected chi connectivity index (χ0v) is 40.9. The van der Waals surface area contributed by atoms with Crippen molar-refractivity contribution in [3.05, 3.63) is 198 Å². The Morgan fingerprint density at radius 1 is 0.507 bits per heavy atom. The minimum atomic E-state index is -0.0318. The number of hydrogen-bond donors (Lipinski definition) is 0. The lowest BCUT2D eigenvalue weighted by molar-refractivity contribution is 0.332. The molecule has 4 heteroatoms. The third-order valence-corrected chi connectivity index (χ3v) is 16.5. The van der Waals surface area contributed by atoms with Crippen molar-refractivity contribution in [3.63, 3.8) is 0 Å². The SMILES string of the molecule is Cc1cc2c3c(c1)N(c1cc(-c4ccccc4)ccc1-c1ccccc1)c1c(sc4cc5c(cc14)C(C)(C)CCC5(C)C)B3c1cc(C(C)(C)C)ccc1N2c1ccc(-c2ccccc2)cc1. The van der Waals surface area contributed by atoms with Crippen LogP contribution in [0.25, 0.3) is 43.5 Å². The third kappa shape index (κ3) is 6.74. The van der Waals surface area contributed by atoms with Gasteiger partial charge < -0.3 is 9.80 Å². The van der Waals surface area contributed by atoms with Crippen LogP contribution in [0.3, 0.4) is 0 Å². The molecule has 3 heterocycles. The van der Waals surface area contributed by atoms with Crippen molar-refractivity contribution in [2.24, 2.45) is 0 Å². The summed E-state index contributed by atoms with van der Waals surface area (Å²) in [6.45, 7) is 19.2. The molecule has 9 aromatic rings. The molecule has 1 aliphatic carbocycles. The molecule has 0 amide bonds. The predicted octanol–water partition coefficient (Wildman–Crippen LogP) is 15.9. The molecule has 0 N–H and O–H groups in total. The monoisotopic (exact) mass is 884 g/mol. The van der Waals surface area contributed by atoms with Crippen LogP contribution in [-0.2, 0) is 16.2 Å². The number of rotatable bonds is 5. The predicted molar refractivity (Wildman–Crippen MR) is 291 cm³/mol. The second-order valence-electron chi connectivity index (χ2n) is 21.7. The third-order valence-electron chi connectivity index (χ3n) is 15.3. The van der Waals surface area contributed by atoms with E-state index in [4.69, 9.17) is 0 Å². The summed E-state index contributed by atoms with van der Waals surface area (Å²) in [6.07, 6.45) is 2.36. The first-order chi connectivity index (χ1) is 32.2. The molecule has 0 unspecified atom stereocenters. The van der Waals surface area contributed by atoms with Crippen LogP contribution in [-0.4, -0.2) is 6.71 Å². The minimum absolute atomic E-state index is 0.0296. The van der Waals surface area contributed by atoms with Gasteiger partial charge in [-0.1, -0.05) is 176 Å². The molecule has 2 aliphatic heterocycles. The Balaban J connectivity index is 1.20. The van der Waals surface area contributed by atoms with E-state index in [1.165, 1.54) is 123 Å². The van der Waals surface area contributed by atoms with Gasteiger partial charge in [0.15, 0.2) is 0 Å². The fourth-order valence-electron chi connectivity index (χ4n) is 11.5. The van der Waals surface area contributed by atoms with Crippen LogP contribution in [0.15, 0.2) is 176 Å². The molecule has 0 radical (unpaired) electrons. The Labute approximate surface area is 401 Å².